The fraction of sp³-hybridized carbons (Fsp3) is 0.182. The van der Waals surface area contributed by atoms with Gasteiger partial charge in [0.05, 0.1) is 5.56 Å². The number of rotatable bonds is 4. The highest BCUT2D eigenvalue weighted by Gasteiger charge is 2.06. The minimum Gasteiger partial charge on any atom is -0.488 e. The van der Waals surface area contributed by atoms with E-state index in [0.717, 1.165) is 5.56 Å². The summed E-state index contributed by atoms with van der Waals surface area (Å²) in [6.45, 7) is 5.49. The van der Waals surface area contributed by atoms with Gasteiger partial charge >= 0.3 is 5.97 Å². The van der Waals surface area contributed by atoms with Crippen LogP contribution in [0.5, 0.6) is 5.75 Å². The number of carbonyl (C=O) groups is 1. The van der Waals surface area contributed by atoms with Crippen LogP contribution in [0.2, 0.25) is 0 Å². The molecule has 80 valence electrons. The Hall–Kier alpha value is -1.48. The van der Waals surface area contributed by atoms with Crippen LogP contribution in [0.3, 0.4) is 0 Å². The van der Waals surface area contributed by atoms with E-state index in [2.05, 4.69) is 6.58 Å². The third-order valence-electron chi connectivity index (χ3n) is 1.81. The summed E-state index contributed by atoms with van der Waals surface area (Å²) in [6.07, 6.45) is 0. The van der Waals surface area contributed by atoms with Crippen molar-refractivity contribution in [2.45, 2.75) is 6.92 Å². The van der Waals surface area contributed by atoms with Gasteiger partial charge in [0.15, 0.2) is 0 Å². The van der Waals surface area contributed by atoms with Crippen LogP contribution < -0.4 is 4.74 Å². The molecule has 15 heavy (non-hydrogen) atoms. The average Bonchev–Trinajstić information content (AvgIpc) is 2.15. The van der Waals surface area contributed by atoms with Crippen molar-refractivity contribution in [2.24, 2.45) is 0 Å². The van der Waals surface area contributed by atoms with Gasteiger partial charge in [-0.1, -0.05) is 18.2 Å². The van der Waals surface area contributed by atoms with Crippen LogP contribution in [0.1, 0.15) is 15.9 Å². The molecule has 0 aliphatic heterocycles. The minimum atomic E-state index is -0.952. The fourth-order valence-corrected chi connectivity index (χ4v) is 1.15. The lowest BCUT2D eigenvalue weighted by Gasteiger charge is -2.08. The lowest BCUT2D eigenvalue weighted by atomic mass is 10.1. The normalized spacial score (nSPS) is 9.73. The second-order valence-electron chi connectivity index (χ2n) is 3.09. The Morgan fingerprint density at radius 1 is 1.60 bits per heavy atom. The van der Waals surface area contributed by atoms with Crippen LogP contribution in [0.15, 0.2) is 29.8 Å². The molecule has 0 spiro atoms. The van der Waals surface area contributed by atoms with Gasteiger partial charge in [0.2, 0.25) is 0 Å². The van der Waals surface area contributed by atoms with Crippen LogP contribution in [0.4, 0.5) is 0 Å². The largest absolute Gasteiger partial charge is 0.488 e. The summed E-state index contributed by atoms with van der Waals surface area (Å²) in [5, 5.41) is 9.14. The van der Waals surface area contributed by atoms with Crippen molar-refractivity contribution < 1.29 is 14.6 Å². The Morgan fingerprint density at radius 2 is 2.27 bits per heavy atom. The Kier molecular flexibility index (Phi) is 3.74. The predicted octanol–water partition coefficient (Wildman–Crippen LogP) is 2.82. The van der Waals surface area contributed by atoms with E-state index >= 15 is 0 Å². The van der Waals surface area contributed by atoms with E-state index < -0.39 is 5.97 Å². The van der Waals surface area contributed by atoms with Gasteiger partial charge in [-0.3, -0.25) is 0 Å². The van der Waals surface area contributed by atoms with Crippen molar-refractivity contribution in [3.05, 3.63) is 40.9 Å². The zero-order valence-electron chi connectivity index (χ0n) is 8.29. The van der Waals surface area contributed by atoms with Gasteiger partial charge in [-0.15, -0.1) is 0 Å². The topological polar surface area (TPSA) is 46.5 Å². The summed E-state index contributed by atoms with van der Waals surface area (Å²) in [7, 11) is 0. The second-order valence-corrected chi connectivity index (χ2v) is 3.63. The molecule has 0 aliphatic rings. The predicted molar refractivity (Wildman–Crippen MR) is 58.6 cm³/mol. The average molecular weight is 227 g/mol. The van der Waals surface area contributed by atoms with E-state index in [9.17, 15) is 4.79 Å². The van der Waals surface area contributed by atoms with E-state index in [-0.39, 0.29) is 12.2 Å². The first-order chi connectivity index (χ1) is 7.00. The number of ether oxygens (including phenoxy) is 1. The molecule has 0 aromatic heterocycles. The van der Waals surface area contributed by atoms with Gasteiger partial charge in [0.25, 0.3) is 0 Å². The summed E-state index contributed by atoms with van der Waals surface area (Å²) in [5.41, 5.74) is 0.998. The summed E-state index contributed by atoms with van der Waals surface area (Å²) in [6, 6.07) is 4.65. The highest BCUT2D eigenvalue weighted by atomic mass is 35.5. The Labute approximate surface area is 92.9 Å². The number of halogens is 1. The van der Waals surface area contributed by atoms with E-state index in [4.69, 9.17) is 21.4 Å². The first-order valence-electron chi connectivity index (χ1n) is 4.30. The standard InChI is InChI=1S/C11H11ClO3/c1-7-5-9(11(13)14)3-4-10(7)15-6-8(2)12/h3-5H,2,6H2,1H3,(H,13,14). The summed E-state index contributed by atoms with van der Waals surface area (Å²) >= 11 is 5.55. The van der Waals surface area contributed by atoms with Crippen LogP contribution in [0.25, 0.3) is 0 Å². The molecule has 1 rings (SSSR count). The van der Waals surface area contributed by atoms with Crippen molar-refractivity contribution in [1.82, 2.24) is 0 Å². The van der Waals surface area contributed by atoms with Gasteiger partial charge in [-0.05, 0) is 30.7 Å². The number of carboxylic acids is 1. The van der Waals surface area contributed by atoms with Crippen LogP contribution in [-0.2, 0) is 0 Å². The van der Waals surface area contributed by atoms with Crippen molar-refractivity contribution >= 4 is 17.6 Å². The molecule has 0 bridgehead atoms. The lowest BCUT2D eigenvalue weighted by Crippen LogP contribution is -2.01. The second kappa shape index (κ2) is 4.84. The van der Waals surface area contributed by atoms with E-state index in [1.807, 2.05) is 0 Å². The molecule has 1 aromatic rings. The maximum Gasteiger partial charge on any atom is 0.335 e. The molecule has 1 N–H and O–H groups in total. The van der Waals surface area contributed by atoms with Crippen molar-refractivity contribution in [1.29, 1.82) is 0 Å². The van der Waals surface area contributed by atoms with Gasteiger partial charge in [-0.2, -0.15) is 0 Å². The van der Waals surface area contributed by atoms with E-state index in [0.29, 0.717) is 10.8 Å². The smallest absolute Gasteiger partial charge is 0.335 e. The molecule has 4 heteroatoms. The molecule has 0 heterocycles. The number of benzene rings is 1. The highest BCUT2D eigenvalue weighted by molar-refractivity contribution is 6.29. The monoisotopic (exact) mass is 226 g/mol. The molecule has 0 aliphatic carbocycles. The van der Waals surface area contributed by atoms with Gasteiger partial charge < -0.3 is 9.84 Å². The maximum atomic E-state index is 10.7. The highest BCUT2D eigenvalue weighted by Crippen LogP contribution is 2.19. The molecular formula is C11H11ClO3. The van der Waals surface area contributed by atoms with Crippen molar-refractivity contribution in [2.75, 3.05) is 6.61 Å². The number of hydrogen-bond donors (Lipinski definition) is 1. The van der Waals surface area contributed by atoms with Gasteiger partial charge in [0.1, 0.15) is 12.4 Å². The minimum absolute atomic E-state index is 0.217. The van der Waals surface area contributed by atoms with Crippen LogP contribution in [-0.4, -0.2) is 17.7 Å². The Balaban J connectivity index is 2.83. The van der Waals surface area contributed by atoms with Crippen LogP contribution in [0, 0.1) is 6.92 Å². The molecule has 0 radical (unpaired) electrons. The first kappa shape index (κ1) is 11.6. The number of aromatic carboxylic acids is 1. The third-order valence-corrected chi connectivity index (χ3v) is 1.92. The molecule has 0 saturated carbocycles. The summed E-state index contributed by atoms with van der Waals surface area (Å²) < 4.78 is 5.31. The fourth-order valence-electron chi connectivity index (χ4n) is 1.10. The van der Waals surface area contributed by atoms with Gasteiger partial charge in [0, 0.05) is 5.03 Å². The number of carboxylic acid groups (broad SMARTS) is 1. The Bertz CT molecular complexity index is 399. The maximum absolute atomic E-state index is 10.7. The quantitative estimate of drug-likeness (QED) is 0.859. The van der Waals surface area contributed by atoms with E-state index in [1.165, 1.54) is 6.07 Å². The molecule has 1 aromatic carbocycles. The molecule has 0 saturated heterocycles. The third kappa shape index (κ3) is 3.29. The van der Waals surface area contributed by atoms with Crippen LogP contribution >= 0.6 is 11.6 Å². The summed E-state index contributed by atoms with van der Waals surface area (Å²) in [5.74, 6) is -0.340. The van der Waals surface area contributed by atoms with Crippen molar-refractivity contribution in [3.8, 4) is 5.75 Å². The molecule has 3 nitrogen and oxygen atoms in total. The zero-order chi connectivity index (χ0) is 11.4. The first-order valence-corrected chi connectivity index (χ1v) is 4.68. The van der Waals surface area contributed by atoms with Crippen molar-refractivity contribution in [3.63, 3.8) is 0 Å². The number of aryl methyl sites for hydroxylation is 1. The summed E-state index contributed by atoms with van der Waals surface area (Å²) in [4.78, 5) is 10.7. The SMILES string of the molecule is C=C(Cl)COc1ccc(C(=O)O)cc1C. The molecule has 0 atom stereocenters. The number of hydrogen-bond acceptors (Lipinski definition) is 2. The van der Waals surface area contributed by atoms with E-state index in [1.54, 1.807) is 19.1 Å². The molecule has 0 fully saturated rings. The molecule has 0 amide bonds. The molecular weight excluding hydrogens is 216 g/mol. The lowest BCUT2D eigenvalue weighted by molar-refractivity contribution is 0.0696. The van der Waals surface area contributed by atoms with Gasteiger partial charge in [-0.25, -0.2) is 4.79 Å². The molecule has 0 unspecified atom stereocenters. The zero-order valence-corrected chi connectivity index (χ0v) is 9.04. The Morgan fingerprint density at radius 3 is 2.73 bits per heavy atom.